The summed E-state index contributed by atoms with van der Waals surface area (Å²) >= 11 is 0. The molecule has 31 heavy (non-hydrogen) atoms. The van der Waals surface area contributed by atoms with Gasteiger partial charge in [-0.05, 0) is 48.9 Å². The standard InChI is InChI=1S/C24H25FN4O2/c25-18-9-7-16(8-10-18)14-28-13-11-21-17(15-28)4-3-12-29(21)24(31)22-19-5-1-2-6-20(19)23(30)27-26-22/h1-2,5-10,17,21H,3-4,11-15H2,(H,27,30)/t17-,21-/m1/s1. The molecule has 5 rings (SSSR count). The molecule has 2 aliphatic heterocycles. The molecule has 0 saturated carbocycles. The lowest BCUT2D eigenvalue weighted by Crippen LogP contribution is -2.55. The number of rotatable bonds is 3. The van der Waals surface area contributed by atoms with E-state index in [1.165, 1.54) is 12.1 Å². The Balaban J connectivity index is 1.34. The van der Waals surface area contributed by atoms with Gasteiger partial charge in [-0.3, -0.25) is 14.5 Å². The number of nitrogens with zero attached hydrogens (tertiary/aromatic N) is 3. The summed E-state index contributed by atoms with van der Waals surface area (Å²) in [6, 6.07) is 14.0. The molecule has 2 fully saturated rings. The zero-order valence-electron chi connectivity index (χ0n) is 17.3. The number of aromatic nitrogens is 2. The zero-order valence-corrected chi connectivity index (χ0v) is 17.3. The summed E-state index contributed by atoms with van der Waals surface area (Å²) in [5.41, 5.74) is 1.15. The first-order valence-corrected chi connectivity index (χ1v) is 10.9. The Morgan fingerprint density at radius 2 is 1.84 bits per heavy atom. The Morgan fingerprint density at radius 3 is 2.65 bits per heavy atom. The van der Waals surface area contributed by atoms with Crippen molar-refractivity contribution in [2.45, 2.75) is 31.8 Å². The number of likely N-dealkylation sites (tertiary alicyclic amines) is 2. The molecule has 2 saturated heterocycles. The molecule has 1 amide bonds. The molecule has 3 aromatic rings. The molecule has 1 aromatic heterocycles. The highest BCUT2D eigenvalue weighted by molar-refractivity contribution is 6.04. The molecule has 6 nitrogen and oxygen atoms in total. The van der Waals surface area contributed by atoms with Gasteiger partial charge in [0.2, 0.25) is 0 Å². The van der Waals surface area contributed by atoms with Crippen molar-refractivity contribution in [1.29, 1.82) is 0 Å². The van der Waals surface area contributed by atoms with Crippen LogP contribution in [-0.4, -0.2) is 51.6 Å². The van der Waals surface area contributed by atoms with Gasteiger partial charge in [0.1, 0.15) is 5.82 Å². The van der Waals surface area contributed by atoms with Crippen molar-refractivity contribution in [3.05, 3.63) is 76.0 Å². The van der Waals surface area contributed by atoms with Crippen LogP contribution in [0.25, 0.3) is 10.8 Å². The van der Waals surface area contributed by atoms with E-state index in [9.17, 15) is 14.0 Å². The average molecular weight is 420 g/mol. The van der Waals surface area contributed by atoms with Crippen molar-refractivity contribution in [2.75, 3.05) is 19.6 Å². The normalized spacial score (nSPS) is 21.8. The molecule has 0 unspecified atom stereocenters. The quantitative estimate of drug-likeness (QED) is 0.707. The van der Waals surface area contributed by atoms with Gasteiger partial charge in [0.25, 0.3) is 11.5 Å². The highest BCUT2D eigenvalue weighted by Gasteiger charge is 2.39. The number of nitrogens with one attached hydrogen (secondary N) is 1. The van der Waals surface area contributed by atoms with Crippen molar-refractivity contribution in [1.82, 2.24) is 20.0 Å². The van der Waals surface area contributed by atoms with E-state index in [0.717, 1.165) is 44.5 Å². The summed E-state index contributed by atoms with van der Waals surface area (Å²) in [7, 11) is 0. The van der Waals surface area contributed by atoms with Gasteiger partial charge >= 0.3 is 0 Å². The van der Waals surface area contributed by atoms with E-state index >= 15 is 0 Å². The van der Waals surface area contributed by atoms with Crippen LogP contribution in [-0.2, 0) is 6.54 Å². The maximum Gasteiger partial charge on any atom is 0.275 e. The molecule has 2 aliphatic rings. The summed E-state index contributed by atoms with van der Waals surface area (Å²) < 4.78 is 13.2. The van der Waals surface area contributed by atoms with Crippen molar-refractivity contribution in [3.8, 4) is 0 Å². The van der Waals surface area contributed by atoms with Crippen LogP contribution < -0.4 is 5.56 Å². The summed E-state index contributed by atoms with van der Waals surface area (Å²) in [5.74, 6) is 0.0855. The van der Waals surface area contributed by atoms with Gasteiger partial charge in [0.15, 0.2) is 5.69 Å². The molecule has 2 atom stereocenters. The fraction of sp³-hybridized carbons (Fsp3) is 0.375. The second-order valence-corrected chi connectivity index (χ2v) is 8.57. The van der Waals surface area contributed by atoms with Crippen LogP contribution in [0, 0.1) is 11.7 Å². The van der Waals surface area contributed by atoms with Crippen LogP contribution >= 0.6 is 0 Å². The van der Waals surface area contributed by atoms with E-state index in [0.29, 0.717) is 28.9 Å². The predicted molar refractivity (Wildman–Crippen MR) is 116 cm³/mol. The molecule has 160 valence electrons. The molecule has 0 bridgehead atoms. The maximum absolute atomic E-state index is 13.5. The Kier molecular flexibility index (Phi) is 5.28. The van der Waals surface area contributed by atoms with Gasteiger partial charge in [-0.2, -0.15) is 5.10 Å². The Bertz CT molecular complexity index is 1160. The van der Waals surface area contributed by atoms with Gasteiger partial charge in [-0.25, -0.2) is 9.49 Å². The van der Waals surface area contributed by atoms with Crippen LogP contribution in [0.1, 0.15) is 35.3 Å². The Hall–Kier alpha value is -3.06. The van der Waals surface area contributed by atoms with Gasteiger partial charge < -0.3 is 4.90 Å². The summed E-state index contributed by atoms with van der Waals surface area (Å²) in [6.07, 6.45) is 2.95. The molecule has 0 spiro atoms. The number of hydrogen-bond donors (Lipinski definition) is 1. The van der Waals surface area contributed by atoms with Crippen molar-refractivity contribution >= 4 is 16.7 Å². The SMILES string of the molecule is O=C(c1n[nH]c(=O)c2ccccc12)N1CCC[C@@H]2CN(Cc3ccc(F)cc3)CC[C@H]21. The third-order valence-electron chi connectivity index (χ3n) is 6.63. The number of aromatic amines is 1. The van der Waals surface area contributed by atoms with Crippen LogP contribution in [0.3, 0.4) is 0 Å². The van der Waals surface area contributed by atoms with Crippen LogP contribution in [0.15, 0.2) is 53.3 Å². The van der Waals surface area contributed by atoms with Crippen molar-refractivity contribution in [3.63, 3.8) is 0 Å². The van der Waals surface area contributed by atoms with Gasteiger partial charge in [0, 0.05) is 37.6 Å². The monoisotopic (exact) mass is 420 g/mol. The third-order valence-corrected chi connectivity index (χ3v) is 6.63. The second kappa shape index (κ2) is 8.23. The van der Waals surface area contributed by atoms with Crippen LogP contribution in [0.5, 0.6) is 0 Å². The number of H-pyrrole nitrogens is 1. The topological polar surface area (TPSA) is 69.3 Å². The van der Waals surface area contributed by atoms with Crippen LogP contribution in [0.4, 0.5) is 4.39 Å². The number of halogens is 1. The lowest BCUT2D eigenvalue weighted by Gasteiger charge is -2.47. The van der Waals surface area contributed by atoms with Gasteiger partial charge in [0.05, 0.1) is 5.39 Å². The lowest BCUT2D eigenvalue weighted by atomic mass is 9.83. The summed E-state index contributed by atoms with van der Waals surface area (Å²) in [4.78, 5) is 29.9. The minimum Gasteiger partial charge on any atom is -0.334 e. The van der Waals surface area contributed by atoms with E-state index in [1.807, 2.05) is 23.1 Å². The molecule has 1 N–H and O–H groups in total. The second-order valence-electron chi connectivity index (χ2n) is 8.57. The molecule has 0 radical (unpaired) electrons. The number of hydrogen-bond acceptors (Lipinski definition) is 4. The number of carbonyl (C=O) groups is 1. The minimum absolute atomic E-state index is 0.103. The van der Waals surface area contributed by atoms with E-state index in [4.69, 9.17) is 0 Å². The highest BCUT2D eigenvalue weighted by atomic mass is 19.1. The van der Waals surface area contributed by atoms with Gasteiger partial charge in [-0.15, -0.1) is 0 Å². The molecule has 7 heteroatoms. The zero-order chi connectivity index (χ0) is 21.4. The average Bonchev–Trinajstić information content (AvgIpc) is 2.80. The molecule has 3 heterocycles. The number of fused-ring (bicyclic) bond motifs is 2. The van der Waals surface area contributed by atoms with Crippen molar-refractivity contribution < 1.29 is 9.18 Å². The van der Waals surface area contributed by atoms with E-state index < -0.39 is 0 Å². The maximum atomic E-state index is 13.5. The van der Waals surface area contributed by atoms with E-state index in [2.05, 4.69) is 15.1 Å². The number of amides is 1. The molecular weight excluding hydrogens is 395 g/mol. The van der Waals surface area contributed by atoms with Gasteiger partial charge in [-0.1, -0.05) is 30.3 Å². The first-order chi connectivity index (χ1) is 15.1. The first-order valence-electron chi connectivity index (χ1n) is 10.9. The molecular formula is C24H25FN4O2. The largest absolute Gasteiger partial charge is 0.334 e. The van der Waals surface area contributed by atoms with Crippen molar-refractivity contribution in [2.24, 2.45) is 5.92 Å². The van der Waals surface area contributed by atoms with E-state index in [1.54, 1.807) is 18.2 Å². The predicted octanol–water partition coefficient (Wildman–Crippen LogP) is 3.19. The summed E-state index contributed by atoms with van der Waals surface area (Å²) in [6.45, 7) is 3.32. The third kappa shape index (κ3) is 3.85. The lowest BCUT2D eigenvalue weighted by molar-refractivity contribution is 0.0181. The smallest absolute Gasteiger partial charge is 0.275 e. The Morgan fingerprint density at radius 1 is 1.06 bits per heavy atom. The molecule has 2 aromatic carbocycles. The van der Waals surface area contributed by atoms with E-state index in [-0.39, 0.29) is 23.3 Å². The number of piperidine rings is 2. The Labute approximate surface area is 179 Å². The minimum atomic E-state index is -0.280. The first kappa shape index (κ1) is 19.9. The number of benzene rings is 2. The van der Waals surface area contributed by atoms with Crippen LogP contribution in [0.2, 0.25) is 0 Å². The molecule has 0 aliphatic carbocycles. The number of carbonyl (C=O) groups excluding carboxylic acids is 1. The fourth-order valence-electron chi connectivity index (χ4n) is 5.14. The summed E-state index contributed by atoms with van der Waals surface area (Å²) in [5, 5.41) is 7.71. The highest BCUT2D eigenvalue weighted by Crippen LogP contribution is 2.32. The fourth-order valence-corrected chi connectivity index (χ4v) is 5.14.